The number of hydrogen-bond acceptors (Lipinski definition) is 4. The average molecular weight is 360 g/mol. The molecule has 0 aliphatic carbocycles. The molecule has 0 spiro atoms. The third-order valence-electron chi connectivity index (χ3n) is 4.75. The fourth-order valence-corrected chi connectivity index (χ4v) is 3.45. The highest BCUT2D eigenvalue weighted by molar-refractivity contribution is 5.83. The Morgan fingerprint density at radius 2 is 1.81 bits per heavy atom. The van der Waals surface area contributed by atoms with Gasteiger partial charge in [0.1, 0.15) is 11.6 Å². The molecule has 0 unspecified atom stereocenters. The summed E-state index contributed by atoms with van der Waals surface area (Å²) in [7, 11) is 0. The van der Waals surface area contributed by atoms with E-state index in [1.54, 1.807) is 0 Å². The van der Waals surface area contributed by atoms with Gasteiger partial charge in [0.15, 0.2) is 0 Å². The Balaban J connectivity index is 2.19. The molecule has 0 saturated carbocycles. The molecule has 5 heteroatoms. The van der Waals surface area contributed by atoms with Crippen LogP contribution >= 0.6 is 0 Å². The first kappa shape index (κ1) is 20.4. The maximum atomic E-state index is 13.2. The van der Waals surface area contributed by atoms with Crippen LogP contribution in [0, 0.1) is 5.92 Å². The first-order valence-corrected chi connectivity index (χ1v) is 9.57. The van der Waals surface area contributed by atoms with E-state index in [0.29, 0.717) is 19.6 Å². The molecule has 1 amide bonds. The third kappa shape index (κ3) is 5.07. The Morgan fingerprint density at radius 1 is 1.19 bits per heavy atom. The minimum Gasteiger partial charge on any atom is -0.460 e. The Kier molecular flexibility index (Phi) is 6.81. The summed E-state index contributed by atoms with van der Waals surface area (Å²) < 4.78 is 5.54. The van der Waals surface area contributed by atoms with E-state index in [4.69, 9.17) is 4.74 Å². The van der Waals surface area contributed by atoms with Crippen LogP contribution in [0.4, 0.5) is 0 Å². The largest absolute Gasteiger partial charge is 0.460 e. The number of nitrogens with zero attached hydrogens (tertiary/aromatic N) is 2. The molecule has 1 saturated heterocycles. The van der Waals surface area contributed by atoms with Gasteiger partial charge in [-0.25, -0.2) is 0 Å². The molecule has 0 N–H and O–H groups in total. The zero-order valence-corrected chi connectivity index (χ0v) is 16.7. The van der Waals surface area contributed by atoms with Gasteiger partial charge in [-0.05, 0) is 46.6 Å². The van der Waals surface area contributed by atoms with Gasteiger partial charge in [0.25, 0.3) is 0 Å². The van der Waals surface area contributed by atoms with Crippen LogP contribution in [0.1, 0.15) is 52.6 Å². The van der Waals surface area contributed by atoms with E-state index in [1.807, 2.05) is 69.9 Å². The van der Waals surface area contributed by atoms with Gasteiger partial charge in [0.05, 0.1) is 5.92 Å². The van der Waals surface area contributed by atoms with Crippen LogP contribution < -0.4 is 0 Å². The number of ether oxygens (including phenoxy) is 1. The Bertz CT molecular complexity index is 605. The SMILES string of the molecule is CCN(CC)C(=O)[C@H](c1ccccc1)N1CC[C@H](C(=O)OC(C)(C)C)C1. The normalized spacial score (nSPS) is 19.2. The van der Waals surface area contributed by atoms with E-state index >= 15 is 0 Å². The van der Waals surface area contributed by atoms with Gasteiger partial charge in [0, 0.05) is 26.2 Å². The average Bonchev–Trinajstić information content (AvgIpc) is 3.05. The van der Waals surface area contributed by atoms with Gasteiger partial charge in [-0.2, -0.15) is 0 Å². The van der Waals surface area contributed by atoms with Crippen LogP contribution in [0.15, 0.2) is 30.3 Å². The molecule has 5 nitrogen and oxygen atoms in total. The number of likely N-dealkylation sites (tertiary alicyclic amines) is 1. The highest BCUT2D eigenvalue weighted by Crippen LogP contribution is 2.30. The van der Waals surface area contributed by atoms with Crippen LogP contribution in [-0.2, 0) is 14.3 Å². The minimum atomic E-state index is -0.486. The third-order valence-corrected chi connectivity index (χ3v) is 4.75. The number of amides is 1. The highest BCUT2D eigenvalue weighted by atomic mass is 16.6. The van der Waals surface area contributed by atoms with Crippen LogP contribution in [0.25, 0.3) is 0 Å². The summed E-state index contributed by atoms with van der Waals surface area (Å²) in [5, 5.41) is 0. The van der Waals surface area contributed by atoms with Crippen LogP contribution in [0.3, 0.4) is 0 Å². The number of hydrogen-bond donors (Lipinski definition) is 0. The molecule has 1 aliphatic rings. The predicted octanol–water partition coefficient (Wildman–Crippen LogP) is 3.26. The van der Waals surface area contributed by atoms with Crippen molar-refractivity contribution in [1.82, 2.24) is 9.80 Å². The summed E-state index contributed by atoms with van der Waals surface area (Å²) in [4.78, 5) is 29.6. The maximum absolute atomic E-state index is 13.2. The Hall–Kier alpha value is -1.88. The quantitative estimate of drug-likeness (QED) is 0.731. The number of rotatable bonds is 6. The molecule has 1 aliphatic heterocycles. The fourth-order valence-electron chi connectivity index (χ4n) is 3.45. The molecule has 2 atom stereocenters. The summed E-state index contributed by atoms with van der Waals surface area (Å²) in [5.74, 6) is -0.238. The summed E-state index contributed by atoms with van der Waals surface area (Å²) in [6.07, 6.45) is 0.726. The number of likely N-dealkylation sites (N-methyl/N-ethyl adjacent to an activating group) is 1. The molecule has 1 heterocycles. The molecule has 0 bridgehead atoms. The number of benzene rings is 1. The summed E-state index contributed by atoms with van der Waals surface area (Å²) in [6, 6.07) is 9.51. The van der Waals surface area contributed by atoms with Crippen molar-refractivity contribution in [3.05, 3.63) is 35.9 Å². The van der Waals surface area contributed by atoms with Crippen molar-refractivity contribution in [2.75, 3.05) is 26.2 Å². The molecule has 1 fully saturated rings. The van der Waals surface area contributed by atoms with Crippen molar-refractivity contribution in [1.29, 1.82) is 0 Å². The van der Waals surface area contributed by atoms with Crippen molar-refractivity contribution < 1.29 is 14.3 Å². The second-order valence-corrected chi connectivity index (χ2v) is 7.84. The van der Waals surface area contributed by atoms with E-state index in [-0.39, 0.29) is 23.8 Å². The molecule has 1 aromatic rings. The molecule has 0 aromatic heterocycles. The van der Waals surface area contributed by atoms with E-state index in [9.17, 15) is 9.59 Å². The molecule has 0 radical (unpaired) electrons. The molecule has 2 rings (SSSR count). The van der Waals surface area contributed by atoms with Crippen molar-refractivity contribution in [3.63, 3.8) is 0 Å². The second-order valence-electron chi connectivity index (χ2n) is 7.84. The lowest BCUT2D eigenvalue weighted by Crippen LogP contribution is -2.42. The van der Waals surface area contributed by atoms with Crippen molar-refractivity contribution in [2.45, 2.75) is 52.7 Å². The van der Waals surface area contributed by atoms with E-state index < -0.39 is 5.60 Å². The predicted molar refractivity (Wildman–Crippen MR) is 103 cm³/mol. The summed E-state index contributed by atoms with van der Waals surface area (Å²) in [5.41, 5.74) is 0.495. The second kappa shape index (κ2) is 8.67. The lowest BCUT2D eigenvalue weighted by molar-refractivity contribution is -0.159. The smallest absolute Gasteiger partial charge is 0.310 e. The number of esters is 1. The highest BCUT2D eigenvalue weighted by Gasteiger charge is 2.38. The van der Waals surface area contributed by atoms with Crippen molar-refractivity contribution in [3.8, 4) is 0 Å². The Morgan fingerprint density at radius 3 is 2.35 bits per heavy atom. The zero-order valence-electron chi connectivity index (χ0n) is 16.7. The summed E-state index contributed by atoms with van der Waals surface area (Å²) in [6.45, 7) is 12.3. The van der Waals surface area contributed by atoms with E-state index in [0.717, 1.165) is 18.5 Å². The molecular weight excluding hydrogens is 328 g/mol. The lowest BCUT2D eigenvalue weighted by atomic mass is 10.0. The van der Waals surface area contributed by atoms with Gasteiger partial charge >= 0.3 is 5.97 Å². The van der Waals surface area contributed by atoms with Crippen molar-refractivity contribution >= 4 is 11.9 Å². The van der Waals surface area contributed by atoms with Crippen molar-refractivity contribution in [2.24, 2.45) is 5.92 Å². The standard InChI is InChI=1S/C21H32N2O3/c1-6-22(7-2)19(24)18(16-11-9-8-10-12-16)23-14-13-17(15-23)20(25)26-21(3,4)5/h8-12,17-18H,6-7,13-15H2,1-5H3/t17-,18-/m0/s1. The monoisotopic (exact) mass is 360 g/mol. The van der Waals surface area contributed by atoms with E-state index in [2.05, 4.69) is 4.90 Å². The maximum Gasteiger partial charge on any atom is 0.310 e. The van der Waals surface area contributed by atoms with Gasteiger partial charge in [0.2, 0.25) is 5.91 Å². The molecule has 1 aromatic carbocycles. The topological polar surface area (TPSA) is 49.9 Å². The first-order chi connectivity index (χ1) is 12.3. The van der Waals surface area contributed by atoms with Gasteiger partial charge in [-0.1, -0.05) is 30.3 Å². The first-order valence-electron chi connectivity index (χ1n) is 9.57. The molecule has 26 heavy (non-hydrogen) atoms. The van der Waals surface area contributed by atoms with E-state index in [1.165, 1.54) is 0 Å². The van der Waals surface area contributed by atoms with Crippen LogP contribution in [0.5, 0.6) is 0 Å². The number of carbonyl (C=O) groups is 2. The van der Waals surface area contributed by atoms with Crippen LogP contribution in [0.2, 0.25) is 0 Å². The fraction of sp³-hybridized carbons (Fsp3) is 0.619. The Labute approximate surface area is 157 Å². The zero-order chi connectivity index (χ0) is 19.3. The molecular formula is C21H32N2O3. The summed E-state index contributed by atoms with van der Waals surface area (Å²) >= 11 is 0. The van der Waals surface area contributed by atoms with Crippen LogP contribution in [-0.4, -0.2) is 53.5 Å². The number of carbonyl (C=O) groups excluding carboxylic acids is 2. The van der Waals surface area contributed by atoms with Gasteiger partial charge < -0.3 is 9.64 Å². The lowest BCUT2D eigenvalue weighted by Gasteiger charge is -2.32. The minimum absolute atomic E-state index is 0.103. The van der Waals surface area contributed by atoms with Gasteiger partial charge in [-0.3, -0.25) is 14.5 Å². The van der Waals surface area contributed by atoms with Gasteiger partial charge in [-0.15, -0.1) is 0 Å². The molecule has 144 valence electrons.